The molecule has 0 aromatic heterocycles. The van der Waals surface area contributed by atoms with Crippen molar-refractivity contribution in [2.75, 3.05) is 6.54 Å². The van der Waals surface area contributed by atoms with Gasteiger partial charge in [-0.25, -0.2) is 4.99 Å². The number of benzene rings is 1. The zero-order valence-electron chi connectivity index (χ0n) is 8.84. The molecule has 2 aliphatic rings. The SMILES string of the molecule is Clc1cc(Cl)c2c(c1)CN1CCCCC1=N2. The molecule has 2 heterocycles. The topological polar surface area (TPSA) is 15.6 Å². The number of hydrogen-bond donors (Lipinski definition) is 0. The first-order chi connectivity index (χ1) is 7.74. The van der Waals surface area contributed by atoms with Crippen LogP contribution in [0.3, 0.4) is 0 Å². The lowest BCUT2D eigenvalue weighted by molar-refractivity contribution is 0.359. The fourth-order valence-electron chi connectivity index (χ4n) is 2.37. The van der Waals surface area contributed by atoms with Gasteiger partial charge in [-0.3, -0.25) is 0 Å². The van der Waals surface area contributed by atoms with Crippen LogP contribution in [-0.2, 0) is 6.54 Å². The number of fused-ring (bicyclic) bond motifs is 2. The van der Waals surface area contributed by atoms with Crippen LogP contribution in [0.15, 0.2) is 17.1 Å². The van der Waals surface area contributed by atoms with Gasteiger partial charge < -0.3 is 4.90 Å². The lowest BCUT2D eigenvalue weighted by Crippen LogP contribution is -2.36. The Morgan fingerprint density at radius 1 is 1.19 bits per heavy atom. The molecule has 1 fully saturated rings. The maximum Gasteiger partial charge on any atom is 0.105 e. The van der Waals surface area contributed by atoms with E-state index in [9.17, 15) is 0 Å². The second-order valence-corrected chi connectivity index (χ2v) is 5.15. The van der Waals surface area contributed by atoms with Crippen LogP contribution in [0.1, 0.15) is 24.8 Å². The first kappa shape index (κ1) is 10.4. The molecule has 2 aliphatic heterocycles. The first-order valence-electron chi connectivity index (χ1n) is 5.54. The quantitative estimate of drug-likeness (QED) is 0.683. The molecule has 84 valence electrons. The normalized spacial score (nSPS) is 18.9. The summed E-state index contributed by atoms with van der Waals surface area (Å²) in [7, 11) is 0. The molecule has 0 radical (unpaired) electrons. The van der Waals surface area contributed by atoms with Crippen LogP contribution >= 0.6 is 23.2 Å². The molecule has 16 heavy (non-hydrogen) atoms. The van der Waals surface area contributed by atoms with Gasteiger partial charge in [0.25, 0.3) is 0 Å². The smallest absolute Gasteiger partial charge is 0.105 e. The number of rotatable bonds is 0. The summed E-state index contributed by atoms with van der Waals surface area (Å²) in [4.78, 5) is 6.99. The zero-order chi connectivity index (χ0) is 11.1. The van der Waals surface area contributed by atoms with Crippen molar-refractivity contribution in [3.8, 4) is 0 Å². The number of halogens is 2. The maximum absolute atomic E-state index is 6.17. The van der Waals surface area contributed by atoms with Gasteiger partial charge in [-0.15, -0.1) is 0 Å². The van der Waals surface area contributed by atoms with Crippen LogP contribution in [0.25, 0.3) is 0 Å². The van der Waals surface area contributed by atoms with Crippen molar-refractivity contribution >= 4 is 34.7 Å². The average molecular weight is 255 g/mol. The molecule has 0 amide bonds. The molecule has 0 bridgehead atoms. The molecule has 1 aromatic carbocycles. The number of piperidine rings is 1. The van der Waals surface area contributed by atoms with Gasteiger partial charge in [-0.2, -0.15) is 0 Å². The van der Waals surface area contributed by atoms with E-state index in [1.165, 1.54) is 18.7 Å². The van der Waals surface area contributed by atoms with Crippen LogP contribution in [0.2, 0.25) is 10.0 Å². The summed E-state index contributed by atoms with van der Waals surface area (Å²) < 4.78 is 0. The number of aliphatic imine (C=N–C) groups is 1. The summed E-state index contributed by atoms with van der Waals surface area (Å²) in [5.41, 5.74) is 2.06. The average Bonchev–Trinajstić information content (AvgIpc) is 2.27. The molecule has 0 saturated carbocycles. The van der Waals surface area contributed by atoms with Crippen molar-refractivity contribution < 1.29 is 0 Å². The summed E-state index contributed by atoms with van der Waals surface area (Å²) in [6.07, 6.45) is 3.55. The van der Waals surface area contributed by atoms with Crippen LogP contribution in [0.4, 0.5) is 5.69 Å². The second-order valence-electron chi connectivity index (χ2n) is 4.30. The number of nitrogens with zero attached hydrogens (tertiary/aromatic N) is 2. The van der Waals surface area contributed by atoms with Gasteiger partial charge >= 0.3 is 0 Å². The summed E-state index contributed by atoms with van der Waals surface area (Å²) in [5.74, 6) is 1.18. The largest absolute Gasteiger partial charge is 0.356 e. The lowest BCUT2D eigenvalue weighted by Gasteiger charge is -2.34. The molecule has 4 heteroatoms. The van der Waals surface area contributed by atoms with Crippen molar-refractivity contribution in [2.24, 2.45) is 4.99 Å². The van der Waals surface area contributed by atoms with E-state index in [0.717, 1.165) is 30.8 Å². The third kappa shape index (κ3) is 1.70. The van der Waals surface area contributed by atoms with Gasteiger partial charge in [-0.1, -0.05) is 23.2 Å². The standard InChI is InChI=1S/C12H12Cl2N2/c13-9-5-8-7-16-4-2-1-3-11(16)15-12(8)10(14)6-9/h5-6H,1-4,7H2. The summed E-state index contributed by atoms with van der Waals surface area (Å²) in [6.45, 7) is 2.00. The first-order valence-corrected chi connectivity index (χ1v) is 6.30. The Balaban J connectivity index is 2.09. The van der Waals surface area contributed by atoms with E-state index in [4.69, 9.17) is 23.2 Å². The minimum absolute atomic E-state index is 0.667. The fourth-order valence-corrected chi connectivity index (χ4v) is 2.95. The Morgan fingerprint density at radius 2 is 2.06 bits per heavy atom. The highest BCUT2D eigenvalue weighted by atomic mass is 35.5. The zero-order valence-corrected chi connectivity index (χ0v) is 10.4. The van der Waals surface area contributed by atoms with Crippen LogP contribution in [0.5, 0.6) is 0 Å². The molecular weight excluding hydrogens is 243 g/mol. The monoisotopic (exact) mass is 254 g/mol. The Bertz CT molecular complexity index is 468. The molecule has 1 aromatic rings. The minimum atomic E-state index is 0.667. The molecule has 2 nitrogen and oxygen atoms in total. The van der Waals surface area contributed by atoms with Gasteiger partial charge in [0, 0.05) is 30.1 Å². The Morgan fingerprint density at radius 3 is 2.94 bits per heavy atom. The third-order valence-electron chi connectivity index (χ3n) is 3.15. The number of hydrogen-bond acceptors (Lipinski definition) is 2. The van der Waals surface area contributed by atoms with Gasteiger partial charge in [0.05, 0.1) is 10.7 Å². The minimum Gasteiger partial charge on any atom is -0.356 e. The van der Waals surface area contributed by atoms with E-state index in [1.54, 1.807) is 6.07 Å². The second kappa shape index (κ2) is 3.94. The molecule has 0 unspecified atom stereocenters. The number of amidine groups is 1. The van der Waals surface area contributed by atoms with Crippen LogP contribution in [0, 0.1) is 0 Å². The third-order valence-corrected chi connectivity index (χ3v) is 3.66. The predicted octanol–water partition coefficient (Wildman–Crippen LogP) is 4.02. The lowest BCUT2D eigenvalue weighted by atomic mass is 10.0. The highest BCUT2D eigenvalue weighted by molar-refractivity contribution is 6.36. The predicted molar refractivity (Wildman–Crippen MR) is 67.8 cm³/mol. The van der Waals surface area contributed by atoms with Gasteiger partial charge in [-0.05, 0) is 25.0 Å². The van der Waals surface area contributed by atoms with Gasteiger partial charge in [0.2, 0.25) is 0 Å². The van der Waals surface area contributed by atoms with E-state index in [2.05, 4.69) is 9.89 Å². The van der Waals surface area contributed by atoms with Gasteiger partial charge in [0.1, 0.15) is 5.84 Å². The molecule has 0 atom stereocenters. The molecule has 0 spiro atoms. The Kier molecular flexibility index (Phi) is 2.56. The molecule has 3 rings (SSSR count). The molecule has 1 saturated heterocycles. The van der Waals surface area contributed by atoms with Crippen LogP contribution in [-0.4, -0.2) is 17.3 Å². The summed E-state index contributed by atoms with van der Waals surface area (Å²) in [6, 6.07) is 3.74. The van der Waals surface area contributed by atoms with E-state index in [0.29, 0.717) is 10.0 Å². The highest BCUT2D eigenvalue weighted by Crippen LogP contribution is 2.37. The molecular formula is C12H12Cl2N2. The summed E-state index contributed by atoms with van der Waals surface area (Å²) >= 11 is 12.2. The molecule has 0 N–H and O–H groups in total. The van der Waals surface area contributed by atoms with E-state index >= 15 is 0 Å². The van der Waals surface area contributed by atoms with Crippen molar-refractivity contribution in [1.29, 1.82) is 0 Å². The Labute approximate surface area is 105 Å². The van der Waals surface area contributed by atoms with E-state index in [1.807, 2.05) is 6.07 Å². The van der Waals surface area contributed by atoms with Crippen LogP contribution < -0.4 is 0 Å². The van der Waals surface area contributed by atoms with E-state index < -0.39 is 0 Å². The van der Waals surface area contributed by atoms with Crippen molar-refractivity contribution in [3.63, 3.8) is 0 Å². The van der Waals surface area contributed by atoms with E-state index in [-0.39, 0.29) is 0 Å². The maximum atomic E-state index is 6.17. The highest BCUT2D eigenvalue weighted by Gasteiger charge is 2.23. The van der Waals surface area contributed by atoms with Gasteiger partial charge in [0.15, 0.2) is 0 Å². The van der Waals surface area contributed by atoms with Crippen molar-refractivity contribution in [2.45, 2.75) is 25.8 Å². The molecule has 0 aliphatic carbocycles. The van der Waals surface area contributed by atoms with Crippen molar-refractivity contribution in [1.82, 2.24) is 4.90 Å². The fraction of sp³-hybridized carbons (Fsp3) is 0.417. The summed E-state index contributed by atoms with van der Waals surface area (Å²) in [5, 5.41) is 1.36. The van der Waals surface area contributed by atoms with Crippen molar-refractivity contribution in [3.05, 3.63) is 27.7 Å². The Hall–Kier alpha value is -0.730.